The van der Waals surface area contributed by atoms with Gasteiger partial charge in [0.1, 0.15) is 5.82 Å². The van der Waals surface area contributed by atoms with E-state index in [9.17, 15) is 4.39 Å². The molecule has 1 aliphatic heterocycles. The number of rotatable bonds is 6. The van der Waals surface area contributed by atoms with Crippen molar-refractivity contribution in [3.05, 3.63) is 109 Å². The van der Waals surface area contributed by atoms with E-state index in [2.05, 4.69) is 29.2 Å². The van der Waals surface area contributed by atoms with Gasteiger partial charge in [-0.1, -0.05) is 59.6 Å². The first-order chi connectivity index (χ1) is 17.4. The third kappa shape index (κ3) is 5.16. The Morgan fingerprint density at radius 1 is 0.972 bits per heavy atom. The van der Waals surface area contributed by atoms with Gasteiger partial charge in [-0.15, -0.1) is 0 Å². The molecule has 0 unspecified atom stereocenters. The van der Waals surface area contributed by atoms with Crippen LogP contribution in [0.2, 0.25) is 10.0 Å². The zero-order chi connectivity index (χ0) is 25.2. The van der Waals surface area contributed by atoms with E-state index in [1.165, 1.54) is 11.1 Å². The Morgan fingerprint density at radius 3 is 2.53 bits per heavy atom. The molecule has 5 rings (SSSR count). The molecule has 2 aliphatic rings. The molecule has 0 spiro atoms. The first-order valence-electron chi connectivity index (χ1n) is 12.5. The maximum Gasteiger partial charge on any atom is 0.131 e. The summed E-state index contributed by atoms with van der Waals surface area (Å²) in [4.78, 5) is 2.18. The zero-order valence-electron chi connectivity index (χ0n) is 20.4. The van der Waals surface area contributed by atoms with E-state index in [0.717, 1.165) is 72.3 Å². The van der Waals surface area contributed by atoms with Gasteiger partial charge in [-0.05, 0) is 101 Å². The fourth-order valence-corrected chi connectivity index (χ4v) is 5.93. The first kappa shape index (κ1) is 25.2. The number of benzene rings is 3. The fraction of sp³-hybridized carbons (Fsp3) is 0.290. The predicted molar refractivity (Wildman–Crippen MR) is 148 cm³/mol. The summed E-state index contributed by atoms with van der Waals surface area (Å²) in [7, 11) is 0. The highest BCUT2D eigenvalue weighted by Gasteiger charge is 2.24. The number of nitrogens with zero attached hydrogens (tertiary/aromatic N) is 1. The van der Waals surface area contributed by atoms with Gasteiger partial charge in [0, 0.05) is 35.2 Å². The number of aryl methyl sites for hydroxylation is 2. The summed E-state index contributed by atoms with van der Waals surface area (Å²) in [5.74, 6) is -0.226. The van der Waals surface area contributed by atoms with Gasteiger partial charge in [0.05, 0.1) is 6.67 Å². The van der Waals surface area contributed by atoms with E-state index in [0.29, 0.717) is 22.0 Å². The van der Waals surface area contributed by atoms with Gasteiger partial charge in [-0.3, -0.25) is 9.29 Å². The van der Waals surface area contributed by atoms with Crippen LogP contribution in [0.5, 0.6) is 0 Å². The molecule has 1 heterocycles. The van der Waals surface area contributed by atoms with Crippen molar-refractivity contribution in [2.45, 2.75) is 32.6 Å². The number of fused-ring (bicyclic) bond motifs is 1. The second-order valence-electron chi connectivity index (χ2n) is 9.73. The van der Waals surface area contributed by atoms with E-state index >= 15 is 4.39 Å². The molecule has 0 bridgehead atoms. The molecule has 1 saturated heterocycles. The van der Waals surface area contributed by atoms with Crippen molar-refractivity contribution in [2.75, 3.05) is 26.3 Å². The Bertz CT molecular complexity index is 1330. The van der Waals surface area contributed by atoms with Crippen LogP contribution in [0.3, 0.4) is 0 Å². The van der Waals surface area contributed by atoms with Crippen LogP contribution >= 0.6 is 23.2 Å². The average Bonchev–Trinajstić information content (AvgIpc) is 3.01. The molecular weight excluding hydrogens is 495 g/mol. The summed E-state index contributed by atoms with van der Waals surface area (Å²) in [6.45, 7) is 3.97. The van der Waals surface area contributed by atoms with Crippen molar-refractivity contribution in [1.29, 1.82) is 0 Å². The lowest BCUT2D eigenvalue weighted by Crippen LogP contribution is -2.40. The molecule has 0 aromatic heterocycles. The molecular formula is C31H29Cl2F2N. The minimum atomic E-state index is -0.299. The monoisotopic (exact) mass is 523 g/mol. The lowest BCUT2D eigenvalue weighted by molar-refractivity contribution is 0.239. The van der Waals surface area contributed by atoms with Gasteiger partial charge in [0.25, 0.3) is 0 Å². The SMILES string of the molecule is Cc1cc(C2=C(c3ccc(Cl)cc3Cl)CCCc3ccccc32)cc(F)c1C=C1CN(CCCF)C1. The number of halogens is 4. The first-order valence-corrected chi connectivity index (χ1v) is 13.3. The molecule has 1 fully saturated rings. The Labute approximate surface area is 222 Å². The van der Waals surface area contributed by atoms with Crippen LogP contribution in [0.15, 0.2) is 60.2 Å². The minimum Gasteiger partial charge on any atom is -0.295 e. The molecule has 36 heavy (non-hydrogen) atoms. The van der Waals surface area contributed by atoms with Gasteiger partial charge >= 0.3 is 0 Å². The Balaban J connectivity index is 1.60. The molecule has 1 nitrogen and oxygen atoms in total. The van der Waals surface area contributed by atoms with Crippen molar-refractivity contribution >= 4 is 40.4 Å². The number of hydrogen-bond donors (Lipinski definition) is 0. The molecule has 0 amide bonds. The second-order valence-corrected chi connectivity index (χ2v) is 10.6. The summed E-state index contributed by atoms with van der Waals surface area (Å²) in [6.07, 6.45) is 5.30. The molecule has 0 N–H and O–H groups in total. The standard InChI is InChI=1S/C31H29Cl2F2N/c1-20-14-23(16-30(35)28(20)15-21-18-36(19-21)13-5-12-34)31-25-8-3-2-6-22(25)7-4-9-27(31)26-11-10-24(32)17-29(26)33/h2-3,6,8,10-11,14-17H,4-5,7,9,12-13,18-19H2,1H3. The van der Waals surface area contributed by atoms with Crippen molar-refractivity contribution in [2.24, 2.45) is 0 Å². The van der Waals surface area contributed by atoms with E-state index in [1.807, 2.05) is 31.2 Å². The molecule has 0 saturated carbocycles. The van der Waals surface area contributed by atoms with Gasteiger partial charge in [-0.2, -0.15) is 0 Å². The third-order valence-electron chi connectivity index (χ3n) is 7.15. The maximum atomic E-state index is 15.7. The summed E-state index contributed by atoms with van der Waals surface area (Å²) in [5, 5.41) is 1.20. The fourth-order valence-electron chi connectivity index (χ4n) is 5.41. The van der Waals surface area contributed by atoms with E-state index in [-0.39, 0.29) is 12.5 Å². The third-order valence-corrected chi connectivity index (χ3v) is 7.70. The smallest absolute Gasteiger partial charge is 0.131 e. The largest absolute Gasteiger partial charge is 0.295 e. The predicted octanol–water partition coefficient (Wildman–Crippen LogP) is 8.79. The Hall–Kier alpha value is -2.46. The molecule has 5 heteroatoms. The molecule has 186 valence electrons. The topological polar surface area (TPSA) is 3.24 Å². The number of hydrogen-bond acceptors (Lipinski definition) is 1. The second kappa shape index (κ2) is 10.9. The average molecular weight is 524 g/mol. The van der Waals surface area contributed by atoms with Crippen LogP contribution in [0.25, 0.3) is 17.2 Å². The molecule has 0 atom stereocenters. The lowest BCUT2D eigenvalue weighted by Gasteiger charge is -2.34. The van der Waals surface area contributed by atoms with Crippen LogP contribution in [0.4, 0.5) is 8.78 Å². The summed E-state index contributed by atoms with van der Waals surface area (Å²) in [5.41, 5.74) is 9.06. The van der Waals surface area contributed by atoms with Crippen LogP contribution in [0.1, 0.15) is 52.6 Å². The maximum absolute atomic E-state index is 15.7. The molecule has 3 aromatic carbocycles. The van der Waals surface area contributed by atoms with E-state index < -0.39 is 0 Å². The molecule has 0 radical (unpaired) electrons. The normalized spacial score (nSPS) is 16.0. The van der Waals surface area contributed by atoms with Gasteiger partial charge in [-0.25, -0.2) is 4.39 Å². The van der Waals surface area contributed by atoms with Gasteiger partial charge in [0.15, 0.2) is 0 Å². The minimum absolute atomic E-state index is 0.226. The van der Waals surface area contributed by atoms with Crippen molar-refractivity contribution < 1.29 is 8.78 Å². The highest BCUT2D eigenvalue weighted by Crippen LogP contribution is 2.43. The summed E-state index contributed by atoms with van der Waals surface area (Å²) >= 11 is 12.9. The van der Waals surface area contributed by atoms with Crippen molar-refractivity contribution in [1.82, 2.24) is 4.90 Å². The Morgan fingerprint density at radius 2 is 1.78 bits per heavy atom. The van der Waals surface area contributed by atoms with Gasteiger partial charge in [0.2, 0.25) is 0 Å². The lowest BCUT2D eigenvalue weighted by atomic mass is 9.86. The summed E-state index contributed by atoms with van der Waals surface area (Å²) in [6, 6.07) is 17.8. The zero-order valence-corrected chi connectivity index (χ0v) is 21.9. The van der Waals surface area contributed by atoms with Crippen LogP contribution < -0.4 is 0 Å². The molecule has 3 aromatic rings. The number of likely N-dealkylation sites (tertiary alicyclic amines) is 1. The highest BCUT2D eigenvalue weighted by molar-refractivity contribution is 6.36. The highest BCUT2D eigenvalue weighted by atomic mass is 35.5. The van der Waals surface area contributed by atoms with Crippen LogP contribution in [0, 0.1) is 12.7 Å². The molecule has 1 aliphatic carbocycles. The summed E-state index contributed by atoms with van der Waals surface area (Å²) < 4.78 is 28.1. The van der Waals surface area contributed by atoms with Gasteiger partial charge < -0.3 is 0 Å². The van der Waals surface area contributed by atoms with Crippen molar-refractivity contribution in [3.63, 3.8) is 0 Å². The quantitative estimate of drug-likeness (QED) is 0.312. The van der Waals surface area contributed by atoms with Crippen LogP contribution in [-0.4, -0.2) is 31.2 Å². The number of allylic oxidation sites excluding steroid dienone is 1. The van der Waals surface area contributed by atoms with Crippen LogP contribution in [-0.2, 0) is 6.42 Å². The van der Waals surface area contributed by atoms with E-state index in [4.69, 9.17) is 23.2 Å². The Kier molecular flexibility index (Phi) is 7.62. The number of alkyl halides is 1. The van der Waals surface area contributed by atoms with E-state index in [1.54, 1.807) is 12.1 Å². The van der Waals surface area contributed by atoms with Crippen molar-refractivity contribution in [3.8, 4) is 0 Å².